The summed E-state index contributed by atoms with van der Waals surface area (Å²) in [5.41, 5.74) is 3.29. The van der Waals surface area contributed by atoms with E-state index in [2.05, 4.69) is 64.7 Å². The summed E-state index contributed by atoms with van der Waals surface area (Å²) in [5.74, 6) is 0.0279. The zero-order valence-corrected chi connectivity index (χ0v) is 15.6. The monoisotopic (exact) mass is 364 g/mol. The molecule has 132 valence electrons. The molecule has 0 aliphatic carbocycles. The zero-order chi connectivity index (χ0) is 17.9. The van der Waals surface area contributed by atoms with Crippen LogP contribution in [0.1, 0.15) is 11.8 Å². The molecule has 0 aliphatic rings. The van der Waals surface area contributed by atoms with Crippen LogP contribution in [0.25, 0.3) is 21.8 Å². The maximum atomic E-state index is 12.3. The second-order valence-corrected chi connectivity index (χ2v) is 7.35. The van der Waals surface area contributed by atoms with Gasteiger partial charge in [-0.1, -0.05) is 24.3 Å². The summed E-state index contributed by atoms with van der Waals surface area (Å²) in [5, 5.41) is 9.53. The van der Waals surface area contributed by atoms with Crippen molar-refractivity contribution in [2.24, 2.45) is 0 Å². The minimum absolute atomic E-state index is 0.0279. The van der Waals surface area contributed by atoms with E-state index in [0.717, 1.165) is 18.8 Å². The zero-order valence-electron chi connectivity index (χ0n) is 14.7. The number of aromatic nitrogens is 1. The third-order valence-electron chi connectivity index (χ3n) is 4.63. The van der Waals surface area contributed by atoms with Crippen LogP contribution in [0.5, 0.6) is 0 Å². The van der Waals surface area contributed by atoms with Crippen LogP contribution >= 0.6 is 11.3 Å². The van der Waals surface area contributed by atoms with Crippen molar-refractivity contribution in [3.05, 3.63) is 64.9 Å². The Kier molecular flexibility index (Phi) is 4.73. The van der Waals surface area contributed by atoms with Gasteiger partial charge in [-0.25, -0.2) is 0 Å². The van der Waals surface area contributed by atoms with Gasteiger partial charge >= 0.3 is 0 Å². The summed E-state index contributed by atoms with van der Waals surface area (Å²) < 4.78 is 2.31. The molecule has 0 saturated heterocycles. The van der Waals surface area contributed by atoms with Gasteiger partial charge in [0.1, 0.15) is 6.54 Å². The number of fused-ring (bicyclic) bond motifs is 3. The van der Waals surface area contributed by atoms with Crippen LogP contribution in [-0.4, -0.2) is 17.0 Å². The average Bonchev–Trinajstić information content (AvgIpc) is 3.27. The maximum absolute atomic E-state index is 12.3. The predicted molar refractivity (Wildman–Crippen MR) is 109 cm³/mol. The molecule has 0 unspecified atom stereocenters. The standard InChI is InChI=1S/C21H21N3OS/c1-2-24-19-8-4-3-7-17(19)18-12-15(9-10-20(18)24)23-21(25)14-22-13-16-6-5-11-26-16/h3-12,22H,2,13-14H2,1H3,(H,23,25)/p+1. The average molecular weight is 364 g/mol. The number of thiophene rings is 1. The Morgan fingerprint density at radius 1 is 1.08 bits per heavy atom. The van der Waals surface area contributed by atoms with Gasteiger partial charge in [0.2, 0.25) is 0 Å². The number of rotatable bonds is 6. The maximum Gasteiger partial charge on any atom is 0.279 e. The molecular formula is C21H22N3OS+. The number of amides is 1. The summed E-state index contributed by atoms with van der Waals surface area (Å²) in [4.78, 5) is 13.5. The van der Waals surface area contributed by atoms with Crippen molar-refractivity contribution >= 4 is 44.7 Å². The van der Waals surface area contributed by atoms with Gasteiger partial charge in [0.25, 0.3) is 5.91 Å². The molecule has 0 radical (unpaired) electrons. The fraction of sp³-hybridized carbons (Fsp3) is 0.190. The lowest BCUT2D eigenvalue weighted by Gasteiger charge is -2.06. The van der Waals surface area contributed by atoms with Gasteiger partial charge in [-0.2, -0.15) is 0 Å². The molecule has 26 heavy (non-hydrogen) atoms. The highest BCUT2D eigenvalue weighted by molar-refractivity contribution is 7.09. The van der Waals surface area contributed by atoms with Crippen LogP contribution in [0.3, 0.4) is 0 Å². The smallest absolute Gasteiger partial charge is 0.279 e. The molecule has 2 heterocycles. The predicted octanol–water partition coefficient (Wildman–Crippen LogP) is 3.58. The van der Waals surface area contributed by atoms with Gasteiger partial charge < -0.3 is 15.2 Å². The van der Waals surface area contributed by atoms with Crippen LogP contribution in [0, 0.1) is 0 Å². The third-order valence-corrected chi connectivity index (χ3v) is 5.53. The molecule has 1 amide bonds. The number of anilines is 1. The van der Waals surface area contributed by atoms with Gasteiger partial charge in [0.15, 0.2) is 6.54 Å². The number of benzene rings is 2. The van der Waals surface area contributed by atoms with Gasteiger partial charge in [-0.3, -0.25) is 4.79 Å². The normalized spacial score (nSPS) is 11.3. The van der Waals surface area contributed by atoms with Crippen molar-refractivity contribution in [1.82, 2.24) is 4.57 Å². The Labute approximate surface area is 156 Å². The number of quaternary nitrogens is 1. The van der Waals surface area contributed by atoms with Crippen molar-refractivity contribution in [3.63, 3.8) is 0 Å². The topological polar surface area (TPSA) is 50.6 Å². The first kappa shape index (κ1) is 16.8. The summed E-state index contributed by atoms with van der Waals surface area (Å²) >= 11 is 1.72. The van der Waals surface area contributed by atoms with E-state index < -0.39 is 0 Å². The molecule has 0 atom stereocenters. The molecule has 3 N–H and O–H groups in total. The largest absolute Gasteiger partial charge is 0.341 e. The Bertz CT molecular complexity index is 1050. The van der Waals surface area contributed by atoms with Crippen molar-refractivity contribution < 1.29 is 10.1 Å². The third kappa shape index (κ3) is 3.23. The van der Waals surface area contributed by atoms with Crippen molar-refractivity contribution in [1.29, 1.82) is 0 Å². The number of carbonyl (C=O) groups excluding carboxylic acids is 1. The van der Waals surface area contributed by atoms with Crippen LogP contribution < -0.4 is 10.6 Å². The molecule has 0 spiro atoms. The van der Waals surface area contributed by atoms with Gasteiger partial charge in [-0.05, 0) is 42.6 Å². The van der Waals surface area contributed by atoms with E-state index in [9.17, 15) is 4.79 Å². The second-order valence-electron chi connectivity index (χ2n) is 6.32. The molecule has 4 nitrogen and oxygen atoms in total. The SMILES string of the molecule is CCn1c2ccccc2c2cc(NC(=O)C[NH2+]Cc3cccs3)ccc21. The lowest BCUT2D eigenvalue weighted by atomic mass is 10.1. The van der Waals surface area contributed by atoms with Gasteiger partial charge in [0.05, 0.1) is 4.88 Å². The molecule has 0 bridgehead atoms. The van der Waals surface area contributed by atoms with E-state index in [0.29, 0.717) is 6.54 Å². The van der Waals surface area contributed by atoms with Crippen molar-refractivity contribution in [3.8, 4) is 0 Å². The number of carbonyl (C=O) groups is 1. The van der Waals surface area contributed by atoms with Crippen LogP contribution in [0.2, 0.25) is 0 Å². The van der Waals surface area contributed by atoms with Crippen LogP contribution in [0.15, 0.2) is 60.0 Å². The number of hydrogen-bond acceptors (Lipinski definition) is 2. The van der Waals surface area contributed by atoms with E-state index in [1.54, 1.807) is 11.3 Å². The number of para-hydroxylation sites is 1. The first-order valence-electron chi connectivity index (χ1n) is 8.91. The van der Waals surface area contributed by atoms with E-state index in [4.69, 9.17) is 0 Å². The lowest BCUT2D eigenvalue weighted by molar-refractivity contribution is -0.659. The number of nitrogens with two attached hydrogens (primary N) is 1. The summed E-state index contributed by atoms with van der Waals surface area (Å²) in [6, 6.07) is 18.7. The number of aryl methyl sites for hydroxylation is 1. The van der Waals surface area contributed by atoms with Crippen LogP contribution in [-0.2, 0) is 17.9 Å². The molecule has 0 saturated carbocycles. The number of nitrogens with zero attached hydrogens (tertiary/aromatic N) is 1. The Balaban J connectivity index is 1.52. The summed E-state index contributed by atoms with van der Waals surface area (Å²) in [7, 11) is 0. The van der Waals surface area contributed by atoms with Crippen molar-refractivity contribution in [2.45, 2.75) is 20.0 Å². The number of nitrogens with one attached hydrogen (secondary N) is 1. The van der Waals surface area contributed by atoms with E-state index in [1.165, 1.54) is 26.7 Å². The van der Waals surface area contributed by atoms with Gasteiger partial charge in [0, 0.05) is 34.0 Å². The Morgan fingerprint density at radius 2 is 1.92 bits per heavy atom. The van der Waals surface area contributed by atoms with E-state index >= 15 is 0 Å². The molecule has 4 aromatic rings. The summed E-state index contributed by atoms with van der Waals surface area (Å²) in [6.07, 6.45) is 0. The van der Waals surface area contributed by atoms with E-state index in [1.807, 2.05) is 17.4 Å². The highest BCUT2D eigenvalue weighted by Crippen LogP contribution is 2.30. The highest BCUT2D eigenvalue weighted by Gasteiger charge is 2.11. The minimum Gasteiger partial charge on any atom is -0.341 e. The minimum atomic E-state index is 0.0279. The number of hydrogen-bond donors (Lipinski definition) is 2. The molecule has 2 aromatic heterocycles. The first-order chi connectivity index (χ1) is 12.8. The van der Waals surface area contributed by atoms with Crippen LogP contribution in [0.4, 0.5) is 5.69 Å². The van der Waals surface area contributed by atoms with Crippen molar-refractivity contribution in [2.75, 3.05) is 11.9 Å². The molecule has 0 aliphatic heterocycles. The van der Waals surface area contributed by atoms with E-state index in [-0.39, 0.29) is 5.91 Å². The molecule has 2 aromatic carbocycles. The Morgan fingerprint density at radius 3 is 2.73 bits per heavy atom. The second kappa shape index (κ2) is 7.32. The highest BCUT2D eigenvalue weighted by atomic mass is 32.1. The molecular weight excluding hydrogens is 342 g/mol. The summed E-state index contributed by atoms with van der Waals surface area (Å²) in [6.45, 7) is 4.35. The Hall–Kier alpha value is -2.63. The molecule has 4 rings (SSSR count). The lowest BCUT2D eigenvalue weighted by Crippen LogP contribution is -2.84. The first-order valence-corrected chi connectivity index (χ1v) is 9.79. The van der Waals surface area contributed by atoms with Gasteiger partial charge in [-0.15, -0.1) is 11.3 Å². The molecule has 5 heteroatoms. The quantitative estimate of drug-likeness (QED) is 0.540. The molecule has 0 fully saturated rings. The fourth-order valence-corrected chi connectivity index (χ4v) is 4.16. The fourth-order valence-electron chi connectivity index (χ4n) is 3.46.